The van der Waals surface area contributed by atoms with Gasteiger partial charge in [0.1, 0.15) is 12.7 Å². The molecule has 6 heteroatoms. The first-order valence-corrected chi connectivity index (χ1v) is 7.97. The third-order valence-electron chi connectivity index (χ3n) is 3.86. The van der Waals surface area contributed by atoms with Crippen LogP contribution < -0.4 is 0 Å². The molecular weight excluding hydrogens is 302 g/mol. The lowest BCUT2D eigenvalue weighted by atomic mass is 10.1. The van der Waals surface area contributed by atoms with Gasteiger partial charge in [-0.3, -0.25) is 4.68 Å². The van der Waals surface area contributed by atoms with Crippen LogP contribution in [0, 0.1) is 0 Å². The van der Waals surface area contributed by atoms with E-state index in [1.54, 1.807) is 17.3 Å². The summed E-state index contributed by atoms with van der Waals surface area (Å²) in [5, 5.41) is 4.86. The molecule has 0 saturated carbocycles. The Bertz CT molecular complexity index is 574. The van der Waals surface area contributed by atoms with E-state index in [2.05, 4.69) is 10.1 Å². The first kappa shape index (κ1) is 15.5. The van der Waals surface area contributed by atoms with E-state index in [4.69, 9.17) is 21.1 Å². The molecule has 3 atom stereocenters. The lowest BCUT2D eigenvalue weighted by Gasteiger charge is -2.31. The Labute approximate surface area is 135 Å². The van der Waals surface area contributed by atoms with Crippen LogP contribution in [-0.4, -0.2) is 27.2 Å². The van der Waals surface area contributed by atoms with E-state index in [-0.39, 0.29) is 18.5 Å². The summed E-state index contributed by atoms with van der Waals surface area (Å²) in [5.41, 5.74) is 1.10. The maximum absolute atomic E-state index is 6.06. The largest absolute Gasteiger partial charge is 0.347 e. The molecule has 0 spiro atoms. The Balaban J connectivity index is 1.54. The van der Waals surface area contributed by atoms with E-state index in [1.807, 2.05) is 31.2 Å². The zero-order chi connectivity index (χ0) is 15.4. The number of aromatic nitrogens is 3. The summed E-state index contributed by atoms with van der Waals surface area (Å²) in [7, 11) is 0. The number of benzene rings is 1. The Kier molecular flexibility index (Phi) is 5.08. The van der Waals surface area contributed by atoms with Crippen molar-refractivity contribution in [3.63, 3.8) is 0 Å². The first-order chi connectivity index (χ1) is 10.7. The normalized spacial score (nSPS) is 23.4. The molecule has 0 bridgehead atoms. The average molecular weight is 322 g/mol. The fourth-order valence-corrected chi connectivity index (χ4v) is 2.80. The molecule has 0 radical (unpaired) electrons. The highest BCUT2D eigenvalue weighted by Gasteiger charge is 2.25. The van der Waals surface area contributed by atoms with E-state index >= 15 is 0 Å². The molecule has 0 aliphatic carbocycles. The summed E-state index contributed by atoms with van der Waals surface area (Å²) in [4.78, 5) is 3.96. The Morgan fingerprint density at radius 3 is 2.91 bits per heavy atom. The van der Waals surface area contributed by atoms with Crippen molar-refractivity contribution in [1.29, 1.82) is 0 Å². The van der Waals surface area contributed by atoms with Gasteiger partial charge >= 0.3 is 0 Å². The number of rotatable bonds is 5. The van der Waals surface area contributed by atoms with Gasteiger partial charge in [0.05, 0.1) is 18.8 Å². The summed E-state index contributed by atoms with van der Waals surface area (Å²) < 4.78 is 13.9. The van der Waals surface area contributed by atoms with Crippen molar-refractivity contribution >= 4 is 11.6 Å². The van der Waals surface area contributed by atoms with E-state index in [9.17, 15) is 0 Å². The quantitative estimate of drug-likeness (QED) is 0.844. The van der Waals surface area contributed by atoms with Crippen molar-refractivity contribution in [1.82, 2.24) is 14.8 Å². The van der Waals surface area contributed by atoms with Gasteiger partial charge in [-0.25, -0.2) is 4.98 Å². The molecule has 3 unspecified atom stereocenters. The molecule has 22 heavy (non-hydrogen) atoms. The van der Waals surface area contributed by atoms with Crippen molar-refractivity contribution in [2.75, 3.05) is 0 Å². The van der Waals surface area contributed by atoms with Gasteiger partial charge in [-0.15, -0.1) is 0 Å². The summed E-state index contributed by atoms with van der Waals surface area (Å²) in [6, 6.07) is 7.74. The summed E-state index contributed by atoms with van der Waals surface area (Å²) in [6.45, 7) is 2.75. The van der Waals surface area contributed by atoms with E-state index in [1.165, 1.54) is 0 Å². The molecule has 1 aliphatic heterocycles. The third-order valence-corrected chi connectivity index (χ3v) is 4.11. The number of nitrogens with zero attached hydrogens (tertiary/aromatic N) is 3. The number of hydrogen-bond acceptors (Lipinski definition) is 4. The summed E-state index contributed by atoms with van der Waals surface area (Å²) in [5.74, 6) is 0. The predicted molar refractivity (Wildman–Crippen MR) is 83.5 cm³/mol. The Morgan fingerprint density at radius 2 is 2.18 bits per heavy atom. The van der Waals surface area contributed by atoms with Crippen LogP contribution in [0.15, 0.2) is 36.9 Å². The van der Waals surface area contributed by atoms with Crippen molar-refractivity contribution < 1.29 is 9.47 Å². The van der Waals surface area contributed by atoms with Crippen LogP contribution in [0.1, 0.15) is 37.9 Å². The van der Waals surface area contributed by atoms with Crippen LogP contribution in [0.4, 0.5) is 0 Å². The Hall–Kier alpha value is -1.43. The molecule has 1 aromatic carbocycles. The maximum Gasteiger partial charge on any atom is 0.158 e. The SMILES string of the molecule is CC(OC1CCCC(Cn2cncn2)O1)c1ccc(Cl)cc1. The van der Waals surface area contributed by atoms with Crippen LogP contribution in [0.3, 0.4) is 0 Å². The molecule has 3 rings (SSSR count). The van der Waals surface area contributed by atoms with E-state index in [0.29, 0.717) is 0 Å². The van der Waals surface area contributed by atoms with Gasteiger partial charge in [0.15, 0.2) is 6.29 Å². The van der Waals surface area contributed by atoms with Gasteiger partial charge in [-0.05, 0) is 43.9 Å². The fraction of sp³-hybridized carbons (Fsp3) is 0.500. The monoisotopic (exact) mass is 321 g/mol. The van der Waals surface area contributed by atoms with Crippen LogP contribution >= 0.6 is 11.6 Å². The minimum Gasteiger partial charge on any atom is -0.347 e. The average Bonchev–Trinajstić information content (AvgIpc) is 3.01. The van der Waals surface area contributed by atoms with Gasteiger partial charge in [-0.1, -0.05) is 23.7 Å². The van der Waals surface area contributed by atoms with Crippen molar-refractivity contribution in [3.8, 4) is 0 Å². The first-order valence-electron chi connectivity index (χ1n) is 7.59. The molecular formula is C16H20ClN3O2. The standard InChI is InChI=1S/C16H20ClN3O2/c1-12(13-5-7-14(17)8-6-13)21-16-4-2-3-15(22-16)9-20-11-18-10-19-20/h5-8,10-12,15-16H,2-4,9H2,1H3. The molecule has 5 nitrogen and oxygen atoms in total. The second-order valence-electron chi connectivity index (χ2n) is 5.57. The maximum atomic E-state index is 6.06. The van der Waals surface area contributed by atoms with E-state index < -0.39 is 0 Å². The van der Waals surface area contributed by atoms with Crippen molar-refractivity contribution in [2.24, 2.45) is 0 Å². The molecule has 118 valence electrons. The highest BCUT2D eigenvalue weighted by atomic mass is 35.5. The molecule has 1 aromatic heterocycles. The van der Waals surface area contributed by atoms with Gasteiger partial charge in [0, 0.05) is 5.02 Å². The van der Waals surface area contributed by atoms with Crippen LogP contribution in [-0.2, 0) is 16.0 Å². The lowest BCUT2D eigenvalue weighted by Crippen LogP contribution is -2.33. The molecule has 2 heterocycles. The number of hydrogen-bond donors (Lipinski definition) is 0. The Morgan fingerprint density at radius 1 is 1.36 bits per heavy atom. The second kappa shape index (κ2) is 7.22. The van der Waals surface area contributed by atoms with Gasteiger partial charge < -0.3 is 9.47 Å². The number of ether oxygens (including phenoxy) is 2. The van der Waals surface area contributed by atoms with Gasteiger partial charge in [0.2, 0.25) is 0 Å². The van der Waals surface area contributed by atoms with Crippen molar-refractivity contribution in [2.45, 2.75) is 51.2 Å². The highest BCUT2D eigenvalue weighted by molar-refractivity contribution is 6.30. The zero-order valence-electron chi connectivity index (χ0n) is 12.6. The lowest BCUT2D eigenvalue weighted by molar-refractivity contribution is -0.216. The summed E-state index contributed by atoms with van der Waals surface area (Å²) in [6.07, 6.45) is 6.22. The van der Waals surface area contributed by atoms with Crippen molar-refractivity contribution in [3.05, 3.63) is 47.5 Å². The van der Waals surface area contributed by atoms with Gasteiger partial charge in [-0.2, -0.15) is 5.10 Å². The minimum atomic E-state index is -0.173. The zero-order valence-corrected chi connectivity index (χ0v) is 13.3. The van der Waals surface area contributed by atoms with Crippen LogP contribution in [0.5, 0.6) is 0 Å². The number of halogens is 1. The summed E-state index contributed by atoms with van der Waals surface area (Å²) >= 11 is 5.92. The molecule has 2 aromatic rings. The van der Waals surface area contributed by atoms with Crippen LogP contribution in [0.25, 0.3) is 0 Å². The topological polar surface area (TPSA) is 49.2 Å². The molecule has 0 amide bonds. The smallest absolute Gasteiger partial charge is 0.158 e. The third kappa shape index (κ3) is 4.06. The van der Waals surface area contributed by atoms with E-state index in [0.717, 1.165) is 36.4 Å². The molecule has 1 aliphatic rings. The molecule has 1 fully saturated rings. The minimum absolute atomic E-state index is 0.0209. The fourth-order valence-electron chi connectivity index (χ4n) is 2.67. The second-order valence-corrected chi connectivity index (χ2v) is 6.00. The molecule has 1 saturated heterocycles. The molecule has 0 N–H and O–H groups in total. The van der Waals surface area contributed by atoms with Gasteiger partial charge in [0.25, 0.3) is 0 Å². The highest BCUT2D eigenvalue weighted by Crippen LogP contribution is 2.27. The predicted octanol–water partition coefficient (Wildman–Crippen LogP) is 3.60. The van der Waals surface area contributed by atoms with Crippen LogP contribution in [0.2, 0.25) is 5.02 Å².